The third kappa shape index (κ3) is 4.13. The minimum atomic E-state index is -0.566. The van der Waals surface area contributed by atoms with Crippen molar-refractivity contribution in [3.05, 3.63) is 71.2 Å². The minimum Gasteiger partial charge on any atom is -0.495 e. The molecule has 0 radical (unpaired) electrons. The Morgan fingerprint density at radius 1 is 1.00 bits per heavy atom. The smallest absolute Gasteiger partial charge is 0.338 e. The number of hydrogen-bond acceptors (Lipinski definition) is 4. The Morgan fingerprint density at radius 2 is 1.77 bits per heavy atom. The lowest BCUT2D eigenvalue weighted by atomic mass is 10.1. The van der Waals surface area contributed by atoms with E-state index in [-0.39, 0.29) is 0 Å². The molecule has 0 aromatic heterocycles. The summed E-state index contributed by atoms with van der Waals surface area (Å²) in [4.78, 5) is 24.2. The van der Waals surface area contributed by atoms with E-state index in [4.69, 9.17) is 21.1 Å². The highest BCUT2D eigenvalue weighted by atomic mass is 35.5. The molecule has 132 valence electrons. The quantitative estimate of drug-likeness (QED) is 0.681. The SMILES string of the molecule is COc1ccc(Cl)cc1NC(=O)COC(=O)c1ccc2ccccc2c1. The predicted molar refractivity (Wildman–Crippen MR) is 101 cm³/mol. The second-order valence-corrected chi connectivity index (χ2v) is 5.97. The van der Waals surface area contributed by atoms with Crippen LogP contribution in [-0.2, 0) is 9.53 Å². The Hall–Kier alpha value is -3.05. The van der Waals surface area contributed by atoms with Gasteiger partial charge in [0.2, 0.25) is 0 Å². The molecule has 0 unspecified atom stereocenters. The minimum absolute atomic E-state index is 0.386. The van der Waals surface area contributed by atoms with Crippen LogP contribution >= 0.6 is 11.6 Å². The van der Waals surface area contributed by atoms with Gasteiger partial charge in [-0.3, -0.25) is 4.79 Å². The van der Waals surface area contributed by atoms with Crippen molar-refractivity contribution in [3.63, 3.8) is 0 Å². The topological polar surface area (TPSA) is 64.6 Å². The highest BCUT2D eigenvalue weighted by molar-refractivity contribution is 6.31. The number of carbonyl (C=O) groups is 2. The van der Waals surface area contributed by atoms with Crippen LogP contribution in [0.25, 0.3) is 10.8 Å². The first-order valence-electron chi connectivity index (χ1n) is 7.86. The Bertz CT molecular complexity index is 971. The van der Waals surface area contributed by atoms with E-state index in [2.05, 4.69) is 5.32 Å². The number of carbonyl (C=O) groups excluding carboxylic acids is 2. The molecule has 0 saturated heterocycles. The van der Waals surface area contributed by atoms with Crippen LogP contribution in [0.1, 0.15) is 10.4 Å². The third-order valence-corrected chi connectivity index (χ3v) is 3.99. The van der Waals surface area contributed by atoms with E-state index in [1.165, 1.54) is 7.11 Å². The van der Waals surface area contributed by atoms with Gasteiger partial charge >= 0.3 is 5.97 Å². The van der Waals surface area contributed by atoms with Gasteiger partial charge in [0.05, 0.1) is 18.4 Å². The lowest BCUT2D eigenvalue weighted by Crippen LogP contribution is -2.21. The van der Waals surface area contributed by atoms with Crippen LogP contribution in [0, 0.1) is 0 Å². The van der Waals surface area contributed by atoms with E-state index < -0.39 is 18.5 Å². The summed E-state index contributed by atoms with van der Waals surface area (Å²) >= 11 is 5.92. The van der Waals surface area contributed by atoms with Crippen LogP contribution in [-0.4, -0.2) is 25.6 Å². The summed E-state index contributed by atoms with van der Waals surface area (Å²) in [7, 11) is 1.48. The van der Waals surface area contributed by atoms with Crippen LogP contribution in [0.4, 0.5) is 5.69 Å². The molecule has 3 aromatic rings. The maximum Gasteiger partial charge on any atom is 0.338 e. The lowest BCUT2D eigenvalue weighted by Gasteiger charge is -2.11. The fraction of sp³-hybridized carbons (Fsp3) is 0.100. The molecule has 0 aliphatic carbocycles. The molecule has 0 atom stereocenters. The maximum atomic E-state index is 12.2. The first kappa shape index (κ1) is 17.8. The Balaban J connectivity index is 1.63. The average Bonchev–Trinajstić information content (AvgIpc) is 2.66. The van der Waals surface area contributed by atoms with Gasteiger partial charge in [-0.15, -0.1) is 0 Å². The van der Waals surface area contributed by atoms with E-state index >= 15 is 0 Å². The highest BCUT2D eigenvalue weighted by Crippen LogP contribution is 2.27. The molecule has 5 nitrogen and oxygen atoms in total. The van der Waals surface area contributed by atoms with Crippen LogP contribution in [0.15, 0.2) is 60.7 Å². The molecule has 6 heteroatoms. The fourth-order valence-electron chi connectivity index (χ4n) is 2.49. The molecule has 0 aliphatic rings. The van der Waals surface area contributed by atoms with Crippen LogP contribution in [0.5, 0.6) is 5.75 Å². The zero-order valence-corrected chi connectivity index (χ0v) is 14.7. The summed E-state index contributed by atoms with van der Waals surface area (Å²) in [6.07, 6.45) is 0. The van der Waals surface area contributed by atoms with Gasteiger partial charge in [0.1, 0.15) is 5.75 Å². The number of methoxy groups -OCH3 is 1. The molecule has 0 fully saturated rings. The van der Waals surface area contributed by atoms with Gasteiger partial charge in [0.25, 0.3) is 5.91 Å². The normalized spacial score (nSPS) is 10.4. The monoisotopic (exact) mass is 369 g/mol. The number of anilines is 1. The summed E-state index contributed by atoms with van der Waals surface area (Å²) in [5.74, 6) is -0.590. The number of hydrogen-bond donors (Lipinski definition) is 1. The molecule has 0 bridgehead atoms. The summed E-state index contributed by atoms with van der Waals surface area (Å²) in [5.41, 5.74) is 0.795. The van der Waals surface area contributed by atoms with Gasteiger partial charge < -0.3 is 14.8 Å². The number of amides is 1. The van der Waals surface area contributed by atoms with E-state index in [1.54, 1.807) is 30.3 Å². The Kier molecular flexibility index (Phi) is 5.39. The van der Waals surface area contributed by atoms with Gasteiger partial charge in [0.15, 0.2) is 6.61 Å². The number of ether oxygens (including phenoxy) is 2. The van der Waals surface area contributed by atoms with Gasteiger partial charge in [-0.25, -0.2) is 4.79 Å². The second kappa shape index (κ2) is 7.89. The molecule has 0 heterocycles. The van der Waals surface area contributed by atoms with Crippen molar-refractivity contribution in [1.29, 1.82) is 0 Å². The second-order valence-electron chi connectivity index (χ2n) is 5.53. The molecule has 1 amide bonds. The molecule has 0 aliphatic heterocycles. The number of nitrogens with one attached hydrogen (secondary N) is 1. The van der Waals surface area contributed by atoms with Crippen molar-refractivity contribution >= 4 is 39.9 Å². The molecule has 3 aromatic carbocycles. The number of halogens is 1. The highest BCUT2D eigenvalue weighted by Gasteiger charge is 2.13. The van der Waals surface area contributed by atoms with Gasteiger partial charge in [-0.2, -0.15) is 0 Å². The number of fused-ring (bicyclic) bond motifs is 1. The molecular weight excluding hydrogens is 354 g/mol. The zero-order valence-electron chi connectivity index (χ0n) is 14.0. The largest absolute Gasteiger partial charge is 0.495 e. The van der Waals surface area contributed by atoms with Crippen molar-refractivity contribution in [2.75, 3.05) is 19.0 Å². The van der Waals surface area contributed by atoms with Gasteiger partial charge in [-0.1, -0.05) is 41.9 Å². The molecule has 0 saturated carbocycles. The van der Waals surface area contributed by atoms with Crippen molar-refractivity contribution in [2.24, 2.45) is 0 Å². The van der Waals surface area contributed by atoms with Crippen molar-refractivity contribution in [1.82, 2.24) is 0 Å². The third-order valence-electron chi connectivity index (χ3n) is 3.76. The summed E-state index contributed by atoms with van der Waals surface area (Å²) in [6, 6.07) is 17.8. The van der Waals surface area contributed by atoms with E-state index in [0.29, 0.717) is 22.0 Å². The molecular formula is C20H16ClNO4. The number of esters is 1. The number of rotatable bonds is 5. The van der Waals surface area contributed by atoms with Crippen molar-refractivity contribution in [2.45, 2.75) is 0 Å². The first-order valence-corrected chi connectivity index (χ1v) is 8.24. The molecule has 3 rings (SSSR count). The Labute approximate surface area is 155 Å². The van der Waals surface area contributed by atoms with Crippen LogP contribution in [0.2, 0.25) is 5.02 Å². The summed E-state index contributed by atoms with van der Waals surface area (Å²) in [6.45, 7) is -0.415. The van der Waals surface area contributed by atoms with E-state index in [0.717, 1.165) is 10.8 Å². The number of benzene rings is 3. The standard InChI is InChI=1S/C20H16ClNO4/c1-25-18-9-8-16(21)11-17(18)22-19(23)12-26-20(24)15-7-6-13-4-2-3-5-14(13)10-15/h2-11H,12H2,1H3,(H,22,23). The van der Waals surface area contributed by atoms with Gasteiger partial charge in [0, 0.05) is 5.02 Å². The predicted octanol–water partition coefficient (Wildman–Crippen LogP) is 4.30. The van der Waals surface area contributed by atoms with Crippen LogP contribution < -0.4 is 10.1 Å². The molecule has 26 heavy (non-hydrogen) atoms. The zero-order chi connectivity index (χ0) is 18.5. The Morgan fingerprint density at radius 3 is 2.54 bits per heavy atom. The summed E-state index contributed by atoms with van der Waals surface area (Å²) < 4.78 is 10.2. The van der Waals surface area contributed by atoms with Crippen molar-refractivity contribution in [3.8, 4) is 5.75 Å². The summed E-state index contributed by atoms with van der Waals surface area (Å²) in [5, 5.41) is 5.02. The maximum absolute atomic E-state index is 12.2. The van der Waals surface area contributed by atoms with E-state index in [9.17, 15) is 9.59 Å². The van der Waals surface area contributed by atoms with Gasteiger partial charge in [-0.05, 0) is 41.1 Å². The molecule has 1 N–H and O–H groups in total. The van der Waals surface area contributed by atoms with Crippen molar-refractivity contribution < 1.29 is 19.1 Å². The molecule has 0 spiro atoms. The lowest BCUT2D eigenvalue weighted by molar-refractivity contribution is -0.119. The first-order chi connectivity index (χ1) is 12.6. The van der Waals surface area contributed by atoms with Crippen LogP contribution in [0.3, 0.4) is 0 Å². The van der Waals surface area contributed by atoms with E-state index in [1.807, 2.05) is 30.3 Å². The fourth-order valence-corrected chi connectivity index (χ4v) is 2.67. The average molecular weight is 370 g/mol.